The van der Waals surface area contributed by atoms with E-state index in [4.69, 9.17) is 15.0 Å². The Morgan fingerprint density at radius 2 is 1.04 bits per heavy atom. The van der Waals surface area contributed by atoms with Crippen LogP contribution in [-0.2, 0) is 11.6 Å². The maximum atomic E-state index is 14.6. The van der Waals surface area contributed by atoms with Crippen LogP contribution in [0.25, 0.3) is 72.8 Å². The zero-order valence-electron chi connectivity index (χ0n) is 28.3. The zero-order valence-corrected chi connectivity index (χ0v) is 28.3. The number of hydrogen-bond donors (Lipinski definition) is 0. The van der Waals surface area contributed by atoms with Gasteiger partial charge in [0, 0.05) is 33.2 Å². The number of halogens is 3. The Kier molecular flexibility index (Phi) is 7.79. The van der Waals surface area contributed by atoms with Crippen molar-refractivity contribution < 1.29 is 13.2 Å². The van der Waals surface area contributed by atoms with Gasteiger partial charge in [-0.2, -0.15) is 13.2 Å². The van der Waals surface area contributed by atoms with Crippen LogP contribution in [0.1, 0.15) is 31.9 Å². The molecular formula is C44H33F3N4. The second-order valence-electron chi connectivity index (χ2n) is 13.6. The maximum absolute atomic E-state index is 14.6. The Balaban J connectivity index is 1.46. The molecule has 51 heavy (non-hydrogen) atoms. The Bertz CT molecular complexity index is 2490. The normalized spacial score (nSPS) is 12.1. The molecule has 6 aromatic carbocycles. The van der Waals surface area contributed by atoms with Crippen molar-refractivity contribution in [3.63, 3.8) is 0 Å². The van der Waals surface area contributed by atoms with Crippen LogP contribution in [0.3, 0.4) is 0 Å². The van der Waals surface area contributed by atoms with E-state index in [2.05, 4.69) is 55.7 Å². The minimum Gasteiger partial charge on any atom is -0.309 e. The predicted molar refractivity (Wildman–Crippen MR) is 200 cm³/mol. The Morgan fingerprint density at radius 1 is 0.471 bits per heavy atom. The van der Waals surface area contributed by atoms with Gasteiger partial charge in [0.1, 0.15) is 0 Å². The van der Waals surface area contributed by atoms with E-state index in [0.29, 0.717) is 22.8 Å². The number of rotatable bonds is 5. The lowest BCUT2D eigenvalue weighted by Gasteiger charge is -2.20. The first-order valence-electron chi connectivity index (χ1n) is 16.8. The van der Waals surface area contributed by atoms with Crippen molar-refractivity contribution in [3.05, 3.63) is 157 Å². The van der Waals surface area contributed by atoms with Gasteiger partial charge in [-0.05, 0) is 52.4 Å². The van der Waals surface area contributed by atoms with Crippen molar-refractivity contribution in [2.75, 3.05) is 0 Å². The highest BCUT2D eigenvalue weighted by atomic mass is 19.4. The molecule has 0 atom stereocenters. The molecule has 8 aromatic rings. The molecule has 0 aliphatic carbocycles. The van der Waals surface area contributed by atoms with Gasteiger partial charge in [0.25, 0.3) is 0 Å². The summed E-state index contributed by atoms with van der Waals surface area (Å²) in [6.45, 7) is 6.55. The van der Waals surface area contributed by atoms with E-state index in [1.807, 2.05) is 84.9 Å². The van der Waals surface area contributed by atoms with Gasteiger partial charge in [-0.25, -0.2) is 15.0 Å². The van der Waals surface area contributed by atoms with Gasteiger partial charge in [-0.1, -0.05) is 136 Å². The fraction of sp³-hybridized carbons (Fsp3) is 0.114. The smallest absolute Gasteiger partial charge is 0.309 e. The number of para-hydroxylation sites is 1. The molecule has 8 rings (SSSR count). The molecule has 4 nitrogen and oxygen atoms in total. The second kappa shape index (κ2) is 12.4. The monoisotopic (exact) mass is 674 g/mol. The van der Waals surface area contributed by atoms with Crippen molar-refractivity contribution in [1.82, 2.24) is 19.5 Å². The molecule has 0 aliphatic rings. The van der Waals surface area contributed by atoms with Gasteiger partial charge in [-0.15, -0.1) is 0 Å². The van der Waals surface area contributed by atoms with Gasteiger partial charge in [0.2, 0.25) is 0 Å². The third kappa shape index (κ3) is 5.95. The molecule has 0 unspecified atom stereocenters. The average Bonchev–Trinajstić information content (AvgIpc) is 3.48. The van der Waals surface area contributed by atoms with Crippen LogP contribution in [0.15, 0.2) is 146 Å². The van der Waals surface area contributed by atoms with E-state index in [1.54, 1.807) is 12.1 Å². The number of hydrogen-bond acceptors (Lipinski definition) is 3. The molecule has 0 saturated heterocycles. The molecule has 0 radical (unpaired) electrons. The molecule has 7 heteroatoms. The van der Waals surface area contributed by atoms with Crippen LogP contribution in [0, 0.1) is 0 Å². The van der Waals surface area contributed by atoms with Gasteiger partial charge in [0.15, 0.2) is 17.5 Å². The third-order valence-corrected chi connectivity index (χ3v) is 9.26. The Hall–Kier alpha value is -6.08. The Morgan fingerprint density at radius 3 is 1.69 bits per heavy atom. The highest BCUT2D eigenvalue weighted by Gasteiger charge is 2.34. The molecule has 0 spiro atoms. The summed E-state index contributed by atoms with van der Waals surface area (Å²) in [5, 5.41) is 2.17. The maximum Gasteiger partial charge on any atom is 0.417 e. The van der Waals surface area contributed by atoms with Crippen LogP contribution < -0.4 is 0 Å². The number of nitrogens with zero attached hydrogens (tertiary/aromatic N) is 4. The molecule has 2 aromatic heterocycles. The highest BCUT2D eigenvalue weighted by Crippen LogP contribution is 2.43. The van der Waals surface area contributed by atoms with E-state index < -0.39 is 11.7 Å². The summed E-state index contributed by atoms with van der Waals surface area (Å²) in [5.41, 5.74) is 5.52. The number of aromatic nitrogens is 4. The lowest BCUT2D eigenvalue weighted by Crippen LogP contribution is -2.11. The minimum atomic E-state index is -4.58. The predicted octanol–water partition coefficient (Wildman–Crippen LogP) is 12.0. The lowest BCUT2D eigenvalue weighted by atomic mass is 9.86. The first-order valence-corrected chi connectivity index (χ1v) is 16.8. The summed E-state index contributed by atoms with van der Waals surface area (Å²) in [4.78, 5) is 14.8. The third-order valence-electron chi connectivity index (χ3n) is 9.26. The zero-order chi connectivity index (χ0) is 35.3. The van der Waals surface area contributed by atoms with Crippen molar-refractivity contribution in [3.8, 4) is 51.0 Å². The molecule has 0 fully saturated rings. The summed E-state index contributed by atoms with van der Waals surface area (Å²) < 4.78 is 45.9. The van der Waals surface area contributed by atoms with Gasteiger partial charge < -0.3 is 4.57 Å². The lowest BCUT2D eigenvalue weighted by molar-refractivity contribution is -0.137. The average molecular weight is 675 g/mol. The van der Waals surface area contributed by atoms with Crippen molar-refractivity contribution in [1.29, 1.82) is 0 Å². The van der Waals surface area contributed by atoms with E-state index in [-0.39, 0.29) is 16.8 Å². The van der Waals surface area contributed by atoms with E-state index in [0.717, 1.165) is 44.7 Å². The molecular weight excluding hydrogens is 642 g/mol. The standard InChI is InChI=1S/C44H33F3N4/c1-43(2,3)30-22-24-35-34-19-11-13-21-38(34)51(39(35)26-30)31-23-25-32(33-18-10-12-20-37(33)44(45,46)47)36(27-31)42-49-40(28-14-6-4-7-15-28)48-41(50-42)29-16-8-5-9-17-29/h4-27H,1-3H3. The van der Waals surface area contributed by atoms with Crippen molar-refractivity contribution in [2.24, 2.45) is 0 Å². The molecule has 2 heterocycles. The van der Waals surface area contributed by atoms with Crippen LogP contribution >= 0.6 is 0 Å². The van der Waals surface area contributed by atoms with E-state index in [1.165, 1.54) is 17.7 Å². The molecule has 250 valence electrons. The number of benzene rings is 6. The number of alkyl halides is 3. The molecule has 0 amide bonds. The first-order chi connectivity index (χ1) is 24.6. The van der Waals surface area contributed by atoms with Gasteiger partial charge in [-0.3, -0.25) is 0 Å². The second-order valence-corrected chi connectivity index (χ2v) is 13.6. The molecule has 0 saturated carbocycles. The van der Waals surface area contributed by atoms with Crippen LogP contribution in [0.2, 0.25) is 0 Å². The first kappa shape index (κ1) is 32.1. The topological polar surface area (TPSA) is 43.6 Å². The minimum absolute atomic E-state index is 0.0479. The summed E-state index contributed by atoms with van der Waals surface area (Å²) in [6.07, 6.45) is -4.58. The van der Waals surface area contributed by atoms with Crippen LogP contribution in [0.4, 0.5) is 13.2 Å². The van der Waals surface area contributed by atoms with Crippen molar-refractivity contribution in [2.45, 2.75) is 32.4 Å². The van der Waals surface area contributed by atoms with Crippen LogP contribution in [-0.4, -0.2) is 19.5 Å². The highest BCUT2D eigenvalue weighted by molar-refractivity contribution is 6.09. The van der Waals surface area contributed by atoms with Gasteiger partial charge >= 0.3 is 6.18 Å². The summed E-state index contributed by atoms with van der Waals surface area (Å²) in [6, 6.07) is 45.1. The summed E-state index contributed by atoms with van der Waals surface area (Å²) in [5.74, 6) is 1.12. The Labute approximate surface area is 293 Å². The van der Waals surface area contributed by atoms with E-state index >= 15 is 0 Å². The molecule has 0 N–H and O–H groups in total. The van der Waals surface area contributed by atoms with Gasteiger partial charge in [0.05, 0.1) is 16.6 Å². The molecule has 0 aliphatic heterocycles. The van der Waals surface area contributed by atoms with Crippen molar-refractivity contribution >= 4 is 21.8 Å². The molecule has 0 bridgehead atoms. The summed E-state index contributed by atoms with van der Waals surface area (Å²) in [7, 11) is 0. The van der Waals surface area contributed by atoms with E-state index in [9.17, 15) is 13.2 Å². The SMILES string of the molecule is CC(C)(C)c1ccc2c3ccccc3n(-c3ccc(-c4ccccc4C(F)(F)F)c(-c4nc(-c5ccccc5)nc(-c5ccccc5)n4)c3)c2c1. The largest absolute Gasteiger partial charge is 0.417 e. The summed E-state index contributed by atoms with van der Waals surface area (Å²) >= 11 is 0. The number of fused-ring (bicyclic) bond motifs is 3. The fourth-order valence-electron chi connectivity index (χ4n) is 6.70. The fourth-order valence-corrected chi connectivity index (χ4v) is 6.70. The van der Waals surface area contributed by atoms with Crippen LogP contribution in [0.5, 0.6) is 0 Å². The quantitative estimate of drug-likeness (QED) is 0.182.